The van der Waals surface area contributed by atoms with Crippen LogP contribution in [0.1, 0.15) is 45.4 Å². The standard InChI is InChI=1S/C24H48O10/c1-2-3-4-5-6-7-24(26)34-23-22-33-21-20-32-19-18-31-17-16-30-15-14-29-13-12-28-11-10-27-9-8-25/h25H,2-23H2,1H3. The summed E-state index contributed by atoms with van der Waals surface area (Å²) in [6.45, 7) is 9.11. The van der Waals surface area contributed by atoms with Gasteiger partial charge in [-0.2, -0.15) is 0 Å². The van der Waals surface area contributed by atoms with Crippen molar-refractivity contribution in [1.29, 1.82) is 0 Å². The van der Waals surface area contributed by atoms with Crippen LogP contribution in [0.25, 0.3) is 0 Å². The van der Waals surface area contributed by atoms with Crippen LogP contribution in [0.15, 0.2) is 0 Å². The van der Waals surface area contributed by atoms with E-state index in [-0.39, 0.29) is 19.2 Å². The number of aliphatic hydroxyl groups is 1. The Morgan fingerprint density at radius 1 is 0.500 bits per heavy atom. The monoisotopic (exact) mass is 496 g/mol. The highest BCUT2D eigenvalue weighted by molar-refractivity contribution is 5.69. The number of aliphatic hydroxyl groups excluding tert-OH is 1. The summed E-state index contributed by atoms with van der Waals surface area (Å²) in [5.74, 6) is -0.146. The fourth-order valence-electron chi connectivity index (χ4n) is 2.65. The Labute approximate surface area is 205 Å². The molecule has 1 N–H and O–H groups in total. The lowest BCUT2D eigenvalue weighted by Crippen LogP contribution is -2.15. The molecule has 0 heterocycles. The second-order valence-corrected chi connectivity index (χ2v) is 7.39. The van der Waals surface area contributed by atoms with Crippen molar-refractivity contribution < 1.29 is 47.8 Å². The van der Waals surface area contributed by atoms with Gasteiger partial charge in [0.15, 0.2) is 0 Å². The smallest absolute Gasteiger partial charge is 0.305 e. The minimum Gasteiger partial charge on any atom is -0.463 e. The van der Waals surface area contributed by atoms with Gasteiger partial charge in [0.1, 0.15) is 6.61 Å². The van der Waals surface area contributed by atoms with Crippen molar-refractivity contribution in [2.24, 2.45) is 0 Å². The zero-order valence-electron chi connectivity index (χ0n) is 21.2. The summed E-state index contributed by atoms with van der Waals surface area (Å²) in [7, 11) is 0. The number of rotatable bonds is 29. The summed E-state index contributed by atoms with van der Waals surface area (Å²) in [6, 6.07) is 0. The van der Waals surface area contributed by atoms with E-state index in [1.165, 1.54) is 19.3 Å². The van der Waals surface area contributed by atoms with Crippen LogP contribution in [-0.4, -0.2) is 117 Å². The van der Waals surface area contributed by atoms with E-state index in [2.05, 4.69) is 6.92 Å². The van der Waals surface area contributed by atoms with Gasteiger partial charge in [-0.3, -0.25) is 4.79 Å². The maximum absolute atomic E-state index is 11.5. The predicted molar refractivity (Wildman–Crippen MR) is 127 cm³/mol. The molecule has 0 radical (unpaired) electrons. The molecule has 0 aromatic carbocycles. The Morgan fingerprint density at radius 3 is 1.24 bits per heavy atom. The fraction of sp³-hybridized carbons (Fsp3) is 0.958. The summed E-state index contributed by atoms with van der Waals surface area (Å²) in [4.78, 5) is 11.5. The highest BCUT2D eigenvalue weighted by Gasteiger charge is 2.02. The van der Waals surface area contributed by atoms with Gasteiger partial charge < -0.3 is 43.0 Å². The van der Waals surface area contributed by atoms with Gasteiger partial charge in [0.2, 0.25) is 0 Å². The van der Waals surface area contributed by atoms with Crippen molar-refractivity contribution in [3.05, 3.63) is 0 Å². The van der Waals surface area contributed by atoms with Crippen molar-refractivity contribution in [2.45, 2.75) is 45.4 Å². The average Bonchev–Trinajstić information content (AvgIpc) is 2.84. The first kappa shape index (κ1) is 33.1. The van der Waals surface area contributed by atoms with Crippen LogP contribution in [0.4, 0.5) is 0 Å². The molecule has 0 fully saturated rings. The number of unbranched alkanes of at least 4 members (excludes halogenated alkanes) is 4. The van der Waals surface area contributed by atoms with Gasteiger partial charge in [-0.05, 0) is 6.42 Å². The van der Waals surface area contributed by atoms with Crippen LogP contribution < -0.4 is 0 Å². The van der Waals surface area contributed by atoms with Gasteiger partial charge in [0.25, 0.3) is 0 Å². The summed E-state index contributed by atoms with van der Waals surface area (Å²) in [6.07, 6.45) is 6.09. The molecule has 0 aromatic rings. The molecule has 10 heteroatoms. The fourth-order valence-corrected chi connectivity index (χ4v) is 2.65. The summed E-state index contributed by atoms with van der Waals surface area (Å²) < 4.78 is 42.5. The first-order chi connectivity index (χ1) is 16.8. The van der Waals surface area contributed by atoms with E-state index in [1.807, 2.05) is 0 Å². The van der Waals surface area contributed by atoms with Crippen LogP contribution in [0, 0.1) is 0 Å². The summed E-state index contributed by atoms with van der Waals surface area (Å²) in [5.41, 5.74) is 0. The molecule has 0 aliphatic heterocycles. The SMILES string of the molecule is CCCCCCCC(=O)OCCOCCOCCOCCOCCOCCOCCOCCO. The molecular formula is C24H48O10. The molecule has 0 saturated carbocycles. The van der Waals surface area contributed by atoms with Crippen LogP contribution in [0.5, 0.6) is 0 Å². The molecule has 0 aromatic heterocycles. The Bertz CT molecular complexity index is 398. The lowest BCUT2D eigenvalue weighted by atomic mass is 10.1. The van der Waals surface area contributed by atoms with Crippen molar-refractivity contribution in [1.82, 2.24) is 0 Å². The predicted octanol–water partition coefficient (Wildman–Crippen LogP) is 2.00. The second-order valence-electron chi connectivity index (χ2n) is 7.39. The van der Waals surface area contributed by atoms with Crippen LogP contribution in [0.3, 0.4) is 0 Å². The number of carbonyl (C=O) groups excluding carboxylic acids is 1. The largest absolute Gasteiger partial charge is 0.463 e. The third-order valence-electron chi connectivity index (χ3n) is 4.44. The van der Waals surface area contributed by atoms with Gasteiger partial charge in [-0.1, -0.05) is 32.6 Å². The van der Waals surface area contributed by atoms with Gasteiger partial charge >= 0.3 is 5.97 Å². The summed E-state index contributed by atoms with van der Waals surface area (Å²) in [5, 5.41) is 8.55. The average molecular weight is 497 g/mol. The molecule has 204 valence electrons. The van der Waals surface area contributed by atoms with Crippen molar-refractivity contribution in [3.8, 4) is 0 Å². The van der Waals surface area contributed by atoms with Gasteiger partial charge in [-0.25, -0.2) is 0 Å². The highest BCUT2D eigenvalue weighted by atomic mass is 16.6. The highest BCUT2D eigenvalue weighted by Crippen LogP contribution is 2.05. The molecule has 0 unspecified atom stereocenters. The maximum atomic E-state index is 11.5. The minimum atomic E-state index is -0.146. The second kappa shape index (κ2) is 30.2. The Kier molecular flexibility index (Phi) is 29.4. The number of esters is 1. The van der Waals surface area contributed by atoms with E-state index < -0.39 is 0 Å². The van der Waals surface area contributed by atoms with Crippen molar-refractivity contribution in [3.63, 3.8) is 0 Å². The third-order valence-corrected chi connectivity index (χ3v) is 4.44. The topological polar surface area (TPSA) is 111 Å². The Hall–Kier alpha value is -0.850. The van der Waals surface area contributed by atoms with Crippen molar-refractivity contribution >= 4 is 5.97 Å². The normalized spacial score (nSPS) is 11.2. The molecule has 0 atom stereocenters. The zero-order chi connectivity index (χ0) is 24.8. The molecular weight excluding hydrogens is 448 g/mol. The third kappa shape index (κ3) is 29.2. The first-order valence-electron chi connectivity index (χ1n) is 12.6. The maximum Gasteiger partial charge on any atom is 0.305 e. The molecule has 0 rings (SSSR count). The van der Waals surface area contributed by atoms with Crippen LogP contribution >= 0.6 is 0 Å². The van der Waals surface area contributed by atoms with E-state index >= 15 is 0 Å². The number of carbonyl (C=O) groups is 1. The molecule has 0 aliphatic carbocycles. The number of hydrogen-bond acceptors (Lipinski definition) is 10. The Balaban J connectivity index is 3.08. The van der Waals surface area contributed by atoms with E-state index in [9.17, 15) is 4.79 Å². The molecule has 0 aliphatic rings. The van der Waals surface area contributed by atoms with E-state index in [0.29, 0.717) is 98.9 Å². The quantitative estimate of drug-likeness (QED) is 0.122. The molecule has 0 saturated heterocycles. The Morgan fingerprint density at radius 2 is 0.853 bits per heavy atom. The first-order valence-corrected chi connectivity index (χ1v) is 12.6. The van der Waals surface area contributed by atoms with Gasteiger partial charge in [0.05, 0.1) is 99.1 Å². The van der Waals surface area contributed by atoms with E-state index in [4.69, 9.17) is 43.0 Å². The molecule has 0 amide bonds. The number of ether oxygens (including phenoxy) is 8. The lowest BCUT2D eigenvalue weighted by Gasteiger charge is -2.08. The van der Waals surface area contributed by atoms with Gasteiger partial charge in [-0.15, -0.1) is 0 Å². The number of hydrogen-bond donors (Lipinski definition) is 1. The summed E-state index contributed by atoms with van der Waals surface area (Å²) >= 11 is 0. The zero-order valence-corrected chi connectivity index (χ0v) is 21.2. The van der Waals surface area contributed by atoms with Crippen LogP contribution in [-0.2, 0) is 42.7 Å². The minimum absolute atomic E-state index is 0.0267. The van der Waals surface area contributed by atoms with Crippen LogP contribution in [0.2, 0.25) is 0 Å². The lowest BCUT2D eigenvalue weighted by molar-refractivity contribution is -0.145. The molecule has 0 spiro atoms. The molecule has 34 heavy (non-hydrogen) atoms. The van der Waals surface area contributed by atoms with Gasteiger partial charge in [0, 0.05) is 6.42 Å². The van der Waals surface area contributed by atoms with E-state index in [0.717, 1.165) is 12.8 Å². The molecule has 0 bridgehead atoms. The van der Waals surface area contributed by atoms with Crippen molar-refractivity contribution in [2.75, 3.05) is 106 Å². The molecule has 10 nitrogen and oxygen atoms in total. The van der Waals surface area contributed by atoms with E-state index in [1.54, 1.807) is 0 Å².